The first-order valence-corrected chi connectivity index (χ1v) is 9.99. The lowest BCUT2D eigenvalue weighted by Crippen LogP contribution is -2.39. The first kappa shape index (κ1) is 21.1. The van der Waals surface area contributed by atoms with Gasteiger partial charge in [-0.2, -0.15) is 5.26 Å². The molecule has 154 valence electrons. The molecule has 2 aromatic rings. The number of benzene rings is 2. The second kappa shape index (κ2) is 10.3. The standard InChI is InChI=1S/C24H25N3O3/c1-30-24(29)21-9-5-6-10-22(21)26-17-20(16-25)23(28)27-13-11-19(12-14-27)15-18-7-3-2-4-8-18/h2-10,17,19,26H,11-15H2,1H3/b20-17-. The SMILES string of the molecule is COC(=O)c1ccccc1N/C=C(/C#N)C(=O)N1CCC(Cc2ccccc2)CC1. The number of hydrogen-bond donors (Lipinski definition) is 1. The molecule has 1 aliphatic rings. The lowest BCUT2D eigenvalue weighted by molar-refractivity contribution is -0.128. The number of piperidine rings is 1. The smallest absolute Gasteiger partial charge is 0.339 e. The summed E-state index contributed by atoms with van der Waals surface area (Å²) >= 11 is 0. The molecule has 0 bridgehead atoms. The average molecular weight is 403 g/mol. The number of methoxy groups -OCH3 is 1. The van der Waals surface area contributed by atoms with E-state index < -0.39 is 5.97 Å². The van der Waals surface area contributed by atoms with E-state index >= 15 is 0 Å². The van der Waals surface area contributed by atoms with Crippen molar-refractivity contribution in [3.63, 3.8) is 0 Å². The van der Waals surface area contributed by atoms with Gasteiger partial charge in [0.1, 0.15) is 11.6 Å². The summed E-state index contributed by atoms with van der Waals surface area (Å²) in [5, 5.41) is 12.4. The minimum Gasteiger partial charge on any atom is -0.465 e. The Hall–Kier alpha value is -3.59. The fourth-order valence-corrected chi connectivity index (χ4v) is 3.65. The molecule has 1 fully saturated rings. The van der Waals surface area contributed by atoms with Crippen molar-refractivity contribution in [3.05, 3.63) is 77.5 Å². The molecular weight excluding hydrogens is 378 g/mol. The summed E-state index contributed by atoms with van der Waals surface area (Å²) in [4.78, 5) is 26.4. The molecular formula is C24H25N3O3. The Morgan fingerprint density at radius 1 is 1.13 bits per heavy atom. The van der Waals surface area contributed by atoms with E-state index in [0.29, 0.717) is 30.3 Å². The second-order valence-electron chi connectivity index (χ2n) is 7.28. The summed E-state index contributed by atoms with van der Waals surface area (Å²) in [7, 11) is 1.31. The van der Waals surface area contributed by atoms with Gasteiger partial charge >= 0.3 is 5.97 Å². The van der Waals surface area contributed by atoms with Crippen LogP contribution in [0.5, 0.6) is 0 Å². The molecule has 6 nitrogen and oxygen atoms in total. The number of esters is 1. The molecule has 0 aliphatic carbocycles. The maximum atomic E-state index is 12.8. The van der Waals surface area contributed by atoms with E-state index in [-0.39, 0.29) is 11.5 Å². The Labute approximate surface area is 176 Å². The molecule has 0 spiro atoms. The Morgan fingerprint density at radius 3 is 2.47 bits per heavy atom. The van der Waals surface area contributed by atoms with Gasteiger partial charge in [0.15, 0.2) is 0 Å². The van der Waals surface area contributed by atoms with E-state index in [9.17, 15) is 14.9 Å². The van der Waals surface area contributed by atoms with Gasteiger partial charge in [-0.15, -0.1) is 0 Å². The third kappa shape index (κ3) is 5.26. The number of para-hydroxylation sites is 1. The zero-order valence-corrected chi connectivity index (χ0v) is 17.0. The molecule has 1 aliphatic heterocycles. The van der Waals surface area contributed by atoms with Crippen molar-refractivity contribution in [2.24, 2.45) is 5.92 Å². The van der Waals surface area contributed by atoms with Crippen LogP contribution >= 0.6 is 0 Å². The van der Waals surface area contributed by atoms with E-state index in [0.717, 1.165) is 19.3 Å². The number of likely N-dealkylation sites (tertiary alicyclic amines) is 1. The minimum absolute atomic E-state index is 0.0104. The first-order chi connectivity index (χ1) is 14.6. The number of nitrogens with zero attached hydrogens (tertiary/aromatic N) is 2. The largest absolute Gasteiger partial charge is 0.465 e. The normalized spacial score (nSPS) is 14.7. The lowest BCUT2D eigenvalue weighted by atomic mass is 9.90. The Bertz CT molecular complexity index is 955. The van der Waals surface area contributed by atoms with Gasteiger partial charge < -0.3 is 15.0 Å². The highest BCUT2D eigenvalue weighted by atomic mass is 16.5. The van der Waals surface area contributed by atoms with Crippen molar-refractivity contribution >= 4 is 17.6 Å². The number of anilines is 1. The molecule has 0 saturated carbocycles. The zero-order chi connectivity index (χ0) is 21.3. The van der Waals surface area contributed by atoms with Gasteiger partial charge in [0, 0.05) is 19.3 Å². The van der Waals surface area contributed by atoms with Crippen LogP contribution < -0.4 is 5.32 Å². The summed E-state index contributed by atoms with van der Waals surface area (Å²) in [6.07, 6.45) is 4.20. The molecule has 0 atom stereocenters. The highest BCUT2D eigenvalue weighted by Crippen LogP contribution is 2.23. The van der Waals surface area contributed by atoms with Crippen LogP contribution in [-0.2, 0) is 16.0 Å². The molecule has 0 aromatic heterocycles. The van der Waals surface area contributed by atoms with Crippen molar-refractivity contribution in [1.29, 1.82) is 5.26 Å². The van der Waals surface area contributed by atoms with Crippen LogP contribution in [0.2, 0.25) is 0 Å². The zero-order valence-electron chi connectivity index (χ0n) is 17.0. The Balaban J connectivity index is 1.60. The maximum absolute atomic E-state index is 12.8. The molecule has 1 N–H and O–H groups in total. The van der Waals surface area contributed by atoms with Gasteiger partial charge in [0.2, 0.25) is 0 Å². The molecule has 1 heterocycles. The molecule has 6 heteroatoms. The Morgan fingerprint density at radius 2 is 1.80 bits per heavy atom. The fourth-order valence-electron chi connectivity index (χ4n) is 3.65. The van der Waals surface area contributed by atoms with Crippen LogP contribution in [0, 0.1) is 17.2 Å². The van der Waals surface area contributed by atoms with Crippen LogP contribution in [0.1, 0.15) is 28.8 Å². The van der Waals surface area contributed by atoms with Gasteiger partial charge in [0.05, 0.1) is 18.4 Å². The van der Waals surface area contributed by atoms with E-state index in [2.05, 4.69) is 17.4 Å². The summed E-state index contributed by atoms with van der Waals surface area (Å²) in [5.74, 6) is -0.244. The number of nitrogens with one attached hydrogen (secondary N) is 1. The van der Waals surface area contributed by atoms with Crippen LogP contribution in [-0.4, -0.2) is 37.0 Å². The highest BCUT2D eigenvalue weighted by Gasteiger charge is 2.25. The lowest BCUT2D eigenvalue weighted by Gasteiger charge is -2.32. The number of carbonyl (C=O) groups is 2. The third-order valence-corrected chi connectivity index (χ3v) is 5.32. The van der Waals surface area contributed by atoms with E-state index in [4.69, 9.17) is 4.74 Å². The topological polar surface area (TPSA) is 82.4 Å². The number of rotatable bonds is 6. The fraction of sp³-hybridized carbons (Fsp3) is 0.292. The van der Waals surface area contributed by atoms with E-state index in [1.807, 2.05) is 24.3 Å². The summed E-state index contributed by atoms with van der Waals surface area (Å²) in [6, 6.07) is 19.1. The summed E-state index contributed by atoms with van der Waals surface area (Å²) in [5.41, 5.74) is 2.14. The van der Waals surface area contributed by atoms with Crippen molar-refractivity contribution in [2.45, 2.75) is 19.3 Å². The molecule has 2 aromatic carbocycles. The third-order valence-electron chi connectivity index (χ3n) is 5.32. The van der Waals surface area contributed by atoms with Crippen LogP contribution in [0.4, 0.5) is 5.69 Å². The van der Waals surface area contributed by atoms with Gasteiger partial charge in [-0.1, -0.05) is 42.5 Å². The molecule has 1 amide bonds. The first-order valence-electron chi connectivity index (χ1n) is 9.99. The van der Waals surface area contributed by atoms with Crippen molar-refractivity contribution in [3.8, 4) is 6.07 Å². The number of hydrogen-bond acceptors (Lipinski definition) is 5. The van der Waals surface area contributed by atoms with Crippen LogP contribution in [0.25, 0.3) is 0 Å². The van der Waals surface area contributed by atoms with Gasteiger partial charge in [-0.3, -0.25) is 4.79 Å². The number of nitriles is 1. The van der Waals surface area contributed by atoms with Crippen LogP contribution in [0.3, 0.4) is 0 Å². The summed E-state index contributed by atoms with van der Waals surface area (Å²) < 4.78 is 4.77. The predicted molar refractivity (Wildman–Crippen MR) is 115 cm³/mol. The van der Waals surface area contributed by atoms with E-state index in [1.54, 1.807) is 29.2 Å². The number of amides is 1. The Kier molecular flexibility index (Phi) is 7.23. The average Bonchev–Trinajstić information content (AvgIpc) is 2.80. The van der Waals surface area contributed by atoms with Crippen molar-refractivity contribution < 1.29 is 14.3 Å². The molecule has 0 radical (unpaired) electrons. The molecule has 1 saturated heterocycles. The van der Waals surface area contributed by atoms with Gasteiger partial charge in [0.25, 0.3) is 5.91 Å². The predicted octanol–water partition coefficient (Wildman–Crippen LogP) is 3.77. The monoisotopic (exact) mass is 403 g/mol. The quantitative estimate of drug-likeness (QED) is 0.451. The number of carbonyl (C=O) groups excluding carboxylic acids is 2. The number of ether oxygens (including phenoxy) is 1. The van der Waals surface area contributed by atoms with E-state index in [1.165, 1.54) is 18.9 Å². The molecule has 3 rings (SSSR count). The maximum Gasteiger partial charge on any atom is 0.339 e. The van der Waals surface area contributed by atoms with Crippen molar-refractivity contribution in [1.82, 2.24) is 4.90 Å². The van der Waals surface area contributed by atoms with Crippen LogP contribution in [0.15, 0.2) is 66.4 Å². The second-order valence-corrected chi connectivity index (χ2v) is 7.28. The summed E-state index contributed by atoms with van der Waals surface area (Å²) in [6.45, 7) is 1.27. The van der Waals surface area contributed by atoms with Crippen molar-refractivity contribution in [2.75, 3.05) is 25.5 Å². The van der Waals surface area contributed by atoms with Gasteiger partial charge in [-0.25, -0.2) is 4.79 Å². The molecule has 30 heavy (non-hydrogen) atoms. The molecule has 0 unspecified atom stereocenters. The minimum atomic E-state index is -0.489. The highest BCUT2D eigenvalue weighted by molar-refractivity contribution is 5.99. The van der Waals surface area contributed by atoms with Gasteiger partial charge in [-0.05, 0) is 42.9 Å².